The zero-order chi connectivity index (χ0) is 15.2. The number of aliphatic hydroxyl groups excluding tert-OH is 1. The lowest BCUT2D eigenvalue weighted by Gasteiger charge is -2.23. The molecule has 0 aromatic heterocycles. The highest BCUT2D eigenvalue weighted by Crippen LogP contribution is 2.24. The molecular formula is C15H22O4Si. The van der Waals surface area contributed by atoms with E-state index in [1.807, 2.05) is 50.0 Å². The Morgan fingerprint density at radius 1 is 1.30 bits per heavy atom. The number of methoxy groups -OCH3 is 1. The highest BCUT2D eigenvalue weighted by molar-refractivity contribution is 6.70. The molecule has 1 N–H and O–H groups in total. The molecule has 20 heavy (non-hydrogen) atoms. The molecule has 0 aliphatic rings. The van der Waals surface area contributed by atoms with E-state index in [9.17, 15) is 9.90 Å². The Morgan fingerprint density at radius 3 is 2.40 bits per heavy atom. The molecule has 1 rings (SSSR count). The van der Waals surface area contributed by atoms with E-state index in [4.69, 9.17) is 4.43 Å². The van der Waals surface area contributed by atoms with E-state index in [-0.39, 0.29) is 6.42 Å². The van der Waals surface area contributed by atoms with E-state index < -0.39 is 20.4 Å². The number of benzene rings is 1. The lowest BCUT2D eigenvalue weighted by Crippen LogP contribution is -2.26. The van der Waals surface area contributed by atoms with Gasteiger partial charge in [0.2, 0.25) is 8.32 Å². The van der Waals surface area contributed by atoms with Crippen molar-refractivity contribution in [2.24, 2.45) is 0 Å². The van der Waals surface area contributed by atoms with Crippen molar-refractivity contribution in [1.82, 2.24) is 0 Å². The van der Waals surface area contributed by atoms with Gasteiger partial charge in [-0.2, -0.15) is 0 Å². The average Bonchev–Trinajstić information content (AvgIpc) is 2.37. The predicted octanol–water partition coefficient (Wildman–Crippen LogP) is 3.02. The summed E-state index contributed by atoms with van der Waals surface area (Å²) in [5, 5.41) is 10.2. The Kier molecular flexibility index (Phi) is 5.97. The second kappa shape index (κ2) is 7.26. The third-order valence-electron chi connectivity index (χ3n) is 2.50. The Hall–Kier alpha value is -1.59. The largest absolute Gasteiger partial charge is 0.547 e. The molecule has 0 aliphatic carbocycles. The van der Waals surface area contributed by atoms with Crippen LogP contribution in [0.1, 0.15) is 18.1 Å². The van der Waals surface area contributed by atoms with Gasteiger partial charge < -0.3 is 14.3 Å². The smallest absolute Gasteiger partial charge is 0.333 e. The maximum atomic E-state index is 11.4. The number of hydrogen-bond acceptors (Lipinski definition) is 4. The monoisotopic (exact) mass is 294 g/mol. The first-order chi connectivity index (χ1) is 9.31. The number of esters is 1. The normalized spacial score (nSPS) is 13.8. The summed E-state index contributed by atoms with van der Waals surface area (Å²) in [5.74, 6) is -0.00844. The van der Waals surface area contributed by atoms with Crippen molar-refractivity contribution >= 4 is 14.3 Å². The summed E-state index contributed by atoms with van der Waals surface area (Å²) in [4.78, 5) is 11.4. The molecule has 0 unspecified atom stereocenters. The summed E-state index contributed by atoms with van der Waals surface area (Å²) in [6, 6.07) is 9.30. The summed E-state index contributed by atoms with van der Waals surface area (Å²) in [6.45, 7) is 6.06. The molecule has 4 nitrogen and oxygen atoms in total. The quantitative estimate of drug-likeness (QED) is 0.379. The van der Waals surface area contributed by atoms with Crippen LogP contribution in [0.3, 0.4) is 0 Å². The number of carbonyl (C=O) groups is 1. The first kappa shape index (κ1) is 16.5. The van der Waals surface area contributed by atoms with Crippen molar-refractivity contribution < 1.29 is 19.1 Å². The van der Waals surface area contributed by atoms with Crippen LogP contribution in [-0.2, 0) is 14.0 Å². The number of aliphatic hydroxyl groups is 1. The fourth-order valence-corrected chi connectivity index (χ4v) is 2.63. The minimum Gasteiger partial charge on any atom is -0.547 e. The minimum absolute atomic E-state index is 0.253. The van der Waals surface area contributed by atoms with Gasteiger partial charge in [-0.3, -0.25) is 0 Å². The van der Waals surface area contributed by atoms with Gasteiger partial charge >= 0.3 is 5.97 Å². The third kappa shape index (κ3) is 6.03. The fraction of sp³-hybridized carbons (Fsp3) is 0.400. The molecular weight excluding hydrogens is 272 g/mol. The zero-order valence-electron chi connectivity index (χ0n) is 12.4. The SMILES string of the molecule is COC(=O)/C=C(/C[C@H](O)c1ccccc1)O[Si](C)(C)C. The van der Waals surface area contributed by atoms with Gasteiger partial charge in [0, 0.05) is 6.42 Å². The number of hydrogen-bond donors (Lipinski definition) is 1. The van der Waals surface area contributed by atoms with Crippen LogP contribution in [0.25, 0.3) is 0 Å². The number of carbonyl (C=O) groups excluding carboxylic acids is 1. The fourth-order valence-electron chi connectivity index (χ4n) is 1.70. The first-order valence-corrected chi connectivity index (χ1v) is 9.93. The van der Waals surface area contributed by atoms with Crippen LogP contribution in [0.4, 0.5) is 0 Å². The topological polar surface area (TPSA) is 55.8 Å². The molecule has 1 aromatic carbocycles. The summed E-state index contributed by atoms with van der Waals surface area (Å²) in [6.07, 6.45) is 0.858. The van der Waals surface area contributed by atoms with Gasteiger partial charge in [-0.05, 0) is 25.2 Å². The van der Waals surface area contributed by atoms with E-state index in [0.29, 0.717) is 5.76 Å². The molecule has 0 spiro atoms. The van der Waals surface area contributed by atoms with Crippen molar-refractivity contribution in [3.63, 3.8) is 0 Å². The standard InChI is InChI=1S/C15H22O4Si/c1-18-15(17)11-13(19-20(2,3)4)10-14(16)12-8-6-5-7-9-12/h5-9,11,14,16H,10H2,1-4H3/b13-11-/t14-/m0/s1. The van der Waals surface area contributed by atoms with Gasteiger partial charge in [-0.1, -0.05) is 30.3 Å². The van der Waals surface area contributed by atoms with Crippen LogP contribution in [0.2, 0.25) is 19.6 Å². The molecule has 0 amide bonds. The second-order valence-corrected chi connectivity index (χ2v) is 9.91. The molecule has 110 valence electrons. The van der Waals surface area contributed by atoms with E-state index in [0.717, 1.165) is 5.56 Å². The van der Waals surface area contributed by atoms with Crippen LogP contribution >= 0.6 is 0 Å². The summed E-state index contributed by atoms with van der Waals surface area (Å²) < 4.78 is 10.5. The molecule has 0 saturated heterocycles. The van der Waals surface area contributed by atoms with Crippen molar-refractivity contribution in [1.29, 1.82) is 0 Å². The Balaban J connectivity index is 2.84. The van der Waals surface area contributed by atoms with E-state index in [1.165, 1.54) is 13.2 Å². The molecule has 0 radical (unpaired) electrons. The van der Waals surface area contributed by atoms with Crippen molar-refractivity contribution in [2.45, 2.75) is 32.2 Å². The molecule has 1 aromatic rings. The molecule has 1 atom stereocenters. The van der Waals surface area contributed by atoms with Crippen LogP contribution < -0.4 is 0 Å². The van der Waals surface area contributed by atoms with Crippen LogP contribution in [0.5, 0.6) is 0 Å². The number of rotatable bonds is 6. The van der Waals surface area contributed by atoms with Gasteiger partial charge in [-0.25, -0.2) is 4.79 Å². The first-order valence-electron chi connectivity index (χ1n) is 6.52. The van der Waals surface area contributed by atoms with Crippen molar-refractivity contribution in [3.05, 3.63) is 47.7 Å². The lowest BCUT2D eigenvalue weighted by molar-refractivity contribution is -0.135. The van der Waals surface area contributed by atoms with Gasteiger partial charge in [0.05, 0.1) is 25.0 Å². The van der Waals surface area contributed by atoms with Gasteiger partial charge in [-0.15, -0.1) is 0 Å². The van der Waals surface area contributed by atoms with Crippen molar-refractivity contribution in [3.8, 4) is 0 Å². The lowest BCUT2D eigenvalue weighted by atomic mass is 10.1. The van der Waals surface area contributed by atoms with Crippen LogP contribution in [-0.4, -0.2) is 26.5 Å². The molecule has 5 heteroatoms. The Labute approximate surface area is 121 Å². The predicted molar refractivity (Wildman–Crippen MR) is 80.5 cm³/mol. The van der Waals surface area contributed by atoms with Crippen LogP contribution in [0, 0.1) is 0 Å². The molecule has 0 fully saturated rings. The highest BCUT2D eigenvalue weighted by atomic mass is 28.4. The minimum atomic E-state index is -1.85. The zero-order valence-corrected chi connectivity index (χ0v) is 13.4. The number of ether oxygens (including phenoxy) is 1. The van der Waals surface area contributed by atoms with E-state index in [2.05, 4.69) is 4.74 Å². The molecule has 0 saturated carbocycles. The maximum Gasteiger partial charge on any atom is 0.333 e. The maximum absolute atomic E-state index is 11.4. The van der Waals surface area contributed by atoms with E-state index >= 15 is 0 Å². The van der Waals surface area contributed by atoms with Gasteiger partial charge in [0.25, 0.3) is 0 Å². The Morgan fingerprint density at radius 2 is 1.90 bits per heavy atom. The highest BCUT2D eigenvalue weighted by Gasteiger charge is 2.21. The molecule has 0 bridgehead atoms. The van der Waals surface area contributed by atoms with Gasteiger partial charge in [0.1, 0.15) is 0 Å². The third-order valence-corrected chi connectivity index (χ3v) is 3.37. The summed E-state index contributed by atoms with van der Waals surface area (Å²) >= 11 is 0. The molecule has 0 heterocycles. The summed E-state index contributed by atoms with van der Waals surface area (Å²) in [5.41, 5.74) is 0.794. The average molecular weight is 294 g/mol. The Bertz CT molecular complexity index is 463. The summed E-state index contributed by atoms with van der Waals surface area (Å²) in [7, 11) is -0.537. The van der Waals surface area contributed by atoms with Crippen molar-refractivity contribution in [2.75, 3.05) is 7.11 Å². The van der Waals surface area contributed by atoms with Crippen LogP contribution in [0.15, 0.2) is 42.2 Å². The molecule has 0 aliphatic heterocycles. The van der Waals surface area contributed by atoms with E-state index in [1.54, 1.807) is 0 Å². The second-order valence-electron chi connectivity index (χ2n) is 5.48. The van der Waals surface area contributed by atoms with Gasteiger partial charge in [0.15, 0.2) is 0 Å².